The van der Waals surface area contributed by atoms with Crippen molar-refractivity contribution >= 4 is 15.9 Å². The van der Waals surface area contributed by atoms with Crippen LogP contribution in [0, 0.1) is 0 Å². The van der Waals surface area contributed by atoms with Gasteiger partial charge < -0.3 is 0 Å². The summed E-state index contributed by atoms with van der Waals surface area (Å²) in [6, 6.07) is 8.26. The lowest BCUT2D eigenvalue weighted by atomic mass is 10.0. The van der Waals surface area contributed by atoms with E-state index in [-0.39, 0.29) is 6.04 Å². The molecule has 0 bridgehead atoms. The number of hydrazine groups is 1. The molecule has 0 aliphatic carbocycles. The van der Waals surface area contributed by atoms with Crippen molar-refractivity contribution in [2.75, 3.05) is 0 Å². The van der Waals surface area contributed by atoms with Gasteiger partial charge in [-0.05, 0) is 29.7 Å². The number of hydrogen-bond donors (Lipinski definition) is 2. The Morgan fingerprint density at radius 1 is 1.41 bits per heavy atom. The summed E-state index contributed by atoms with van der Waals surface area (Å²) in [4.78, 5) is 0. The fourth-order valence-corrected chi connectivity index (χ4v) is 2.05. The first kappa shape index (κ1) is 12.3. The molecule has 0 saturated carbocycles. The van der Waals surface area contributed by atoms with Gasteiger partial charge in [0.25, 0.3) is 0 Å². The first-order valence-corrected chi connectivity index (χ1v) is 6.17. The van der Waals surface area contributed by atoms with Crippen LogP contribution in [0.5, 0.6) is 0 Å². The summed E-state index contributed by atoms with van der Waals surface area (Å²) in [5.74, 6) is 5.61. The van der Waals surface area contributed by atoms with Crippen molar-refractivity contribution in [3.8, 4) is 0 Å². The fourth-order valence-electron chi connectivity index (χ4n) is 1.78. The largest absolute Gasteiger partial charge is 0.276 e. The predicted octanol–water partition coefficient (Wildman–Crippen LogP) is 1.93. The van der Waals surface area contributed by atoms with Gasteiger partial charge in [-0.1, -0.05) is 28.1 Å². The Labute approximate surface area is 109 Å². The van der Waals surface area contributed by atoms with E-state index in [1.165, 1.54) is 11.1 Å². The number of benzene rings is 1. The smallest absolute Gasteiger partial charge is 0.0522 e. The maximum absolute atomic E-state index is 5.61. The number of aryl methyl sites for hydroxylation is 1. The highest BCUT2D eigenvalue weighted by atomic mass is 79.9. The predicted molar refractivity (Wildman–Crippen MR) is 71.1 cm³/mol. The molecule has 2 aromatic rings. The van der Waals surface area contributed by atoms with Crippen LogP contribution in [0.15, 0.2) is 41.1 Å². The standard InChI is InChI=1S/C12H15BrN4/c1-17-8-9(7-15-17)6-12(16-14)10-2-4-11(13)5-3-10/h2-5,7-8,12,16H,6,14H2,1H3. The SMILES string of the molecule is Cn1cc(CC(NN)c2ccc(Br)cc2)cn1. The summed E-state index contributed by atoms with van der Waals surface area (Å²) in [5.41, 5.74) is 5.17. The van der Waals surface area contributed by atoms with E-state index in [0.717, 1.165) is 10.9 Å². The van der Waals surface area contributed by atoms with Gasteiger partial charge in [0.05, 0.1) is 12.2 Å². The normalized spacial score (nSPS) is 12.6. The van der Waals surface area contributed by atoms with Crippen LogP contribution < -0.4 is 11.3 Å². The molecule has 90 valence electrons. The average Bonchev–Trinajstić information content (AvgIpc) is 2.73. The topological polar surface area (TPSA) is 55.9 Å². The van der Waals surface area contributed by atoms with Crippen LogP contribution in [0.25, 0.3) is 0 Å². The highest BCUT2D eigenvalue weighted by molar-refractivity contribution is 9.10. The second-order valence-corrected chi connectivity index (χ2v) is 4.91. The minimum absolute atomic E-state index is 0.104. The lowest BCUT2D eigenvalue weighted by Crippen LogP contribution is -2.29. The molecule has 1 atom stereocenters. The second-order valence-electron chi connectivity index (χ2n) is 4.00. The van der Waals surface area contributed by atoms with Crippen LogP contribution in [0.3, 0.4) is 0 Å². The van der Waals surface area contributed by atoms with Gasteiger partial charge in [0, 0.05) is 17.7 Å². The Balaban J connectivity index is 2.13. The summed E-state index contributed by atoms with van der Waals surface area (Å²) < 4.78 is 2.86. The lowest BCUT2D eigenvalue weighted by molar-refractivity contribution is 0.551. The molecule has 0 radical (unpaired) electrons. The summed E-state index contributed by atoms with van der Waals surface area (Å²) in [6.07, 6.45) is 4.69. The zero-order valence-corrected chi connectivity index (χ0v) is 11.2. The molecule has 1 aromatic heterocycles. The average molecular weight is 295 g/mol. The molecule has 1 heterocycles. The zero-order chi connectivity index (χ0) is 12.3. The quantitative estimate of drug-likeness (QED) is 0.669. The molecule has 0 aliphatic heterocycles. The third-order valence-corrected chi connectivity index (χ3v) is 3.20. The van der Waals surface area contributed by atoms with Gasteiger partial charge in [0.15, 0.2) is 0 Å². The minimum Gasteiger partial charge on any atom is -0.276 e. The van der Waals surface area contributed by atoms with Crippen molar-refractivity contribution in [3.05, 3.63) is 52.3 Å². The number of rotatable bonds is 4. The molecule has 1 aromatic carbocycles. The Morgan fingerprint density at radius 2 is 2.12 bits per heavy atom. The molecule has 0 amide bonds. The summed E-state index contributed by atoms with van der Waals surface area (Å²) in [7, 11) is 1.91. The first-order valence-electron chi connectivity index (χ1n) is 5.38. The maximum atomic E-state index is 5.61. The van der Waals surface area contributed by atoms with Gasteiger partial charge >= 0.3 is 0 Å². The van der Waals surface area contributed by atoms with E-state index in [2.05, 4.69) is 38.6 Å². The second kappa shape index (κ2) is 5.44. The van der Waals surface area contributed by atoms with Gasteiger partial charge in [-0.2, -0.15) is 5.10 Å². The molecule has 0 fully saturated rings. The zero-order valence-electron chi connectivity index (χ0n) is 9.60. The Bertz CT molecular complexity index is 478. The van der Waals surface area contributed by atoms with Crippen molar-refractivity contribution in [1.29, 1.82) is 0 Å². The van der Waals surface area contributed by atoms with Crippen molar-refractivity contribution in [1.82, 2.24) is 15.2 Å². The molecule has 4 nitrogen and oxygen atoms in total. The molecule has 0 spiro atoms. The van der Waals surface area contributed by atoms with Crippen molar-refractivity contribution in [3.63, 3.8) is 0 Å². The van der Waals surface area contributed by atoms with E-state index >= 15 is 0 Å². The third kappa shape index (κ3) is 3.15. The van der Waals surface area contributed by atoms with Crippen LogP contribution in [-0.4, -0.2) is 9.78 Å². The van der Waals surface area contributed by atoms with Crippen LogP contribution in [0.2, 0.25) is 0 Å². The van der Waals surface area contributed by atoms with E-state index in [1.54, 1.807) is 4.68 Å². The molecular formula is C12H15BrN4. The number of nitrogens with one attached hydrogen (secondary N) is 1. The Kier molecular flexibility index (Phi) is 3.93. The number of nitrogens with two attached hydrogens (primary N) is 1. The maximum Gasteiger partial charge on any atom is 0.0522 e. The van der Waals surface area contributed by atoms with E-state index in [1.807, 2.05) is 31.6 Å². The van der Waals surface area contributed by atoms with Gasteiger partial charge in [-0.15, -0.1) is 0 Å². The fraction of sp³-hybridized carbons (Fsp3) is 0.250. The molecule has 0 aliphatic rings. The molecule has 3 N–H and O–H groups in total. The molecule has 0 saturated heterocycles. The highest BCUT2D eigenvalue weighted by Gasteiger charge is 2.11. The van der Waals surface area contributed by atoms with Gasteiger partial charge in [-0.3, -0.25) is 16.0 Å². The van der Waals surface area contributed by atoms with E-state index in [4.69, 9.17) is 5.84 Å². The van der Waals surface area contributed by atoms with Crippen LogP contribution in [-0.2, 0) is 13.5 Å². The third-order valence-electron chi connectivity index (χ3n) is 2.67. The monoisotopic (exact) mass is 294 g/mol. The van der Waals surface area contributed by atoms with Crippen molar-refractivity contribution < 1.29 is 0 Å². The number of halogens is 1. The summed E-state index contributed by atoms with van der Waals surface area (Å²) in [6.45, 7) is 0. The molecule has 17 heavy (non-hydrogen) atoms. The van der Waals surface area contributed by atoms with E-state index in [0.29, 0.717) is 0 Å². The summed E-state index contributed by atoms with van der Waals surface area (Å²) in [5, 5.41) is 4.15. The molecular weight excluding hydrogens is 280 g/mol. The number of hydrogen-bond acceptors (Lipinski definition) is 3. The molecule has 1 unspecified atom stereocenters. The highest BCUT2D eigenvalue weighted by Crippen LogP contribution is 2.19. The Morgan fingerprint density at radius 3 is 2.65 bits per heavy atom. The van der Waals surface area contributed by atoms with Crippen LogP contribution >= 0.6 is 15.9 Å². The first-order chi connectivity index (χ1) is 8.19. The number of nitrogens with zero attached hydrogens (tertiary/aromatic N) is 2. The lowest BCUT2D eigenvalue weighted by Gasteiger charge is -2.15. The van der Waals surface area contributed by atoms with Gasteiger partial charge in [-0.25, -0.2) is 0 Å². The van der Waals surface area contributed by atoms with Crippen LogP contribution in [0.1, 0.15) is 17.2 Å². The van der Waals surface area contributed by atoms with Crippen molar-refractivity contribution in [2.24, 2.45) is 12.9 Å². The Hall–Kier alpha value is -1.17. The van der Waals surface area contributed by atoms with Crippen LogP contribution in [0.4, 0.5) is 0 Å². The molecule has 5 heteroatoms. The van der Waals surface area contributed by atoms with E-state index < -0.39 is 0 Å². The molecule has 2 rings (SSSR count). The van der Waals surface area contributed by atoms with E-state index in [9.17, 15) is 0 Å². The number of aromatic nitrogens is 2. The van der Waals surface area contributed by atoms with Crippen molar-refractivity contribution in [2.45, 2.75) is 12.5 Å². The minimum atomic E-state index is 0.104. The van der Waals surface area contributed by atoms with Gasteiger partial charge in [0.1, 0.15) is 0 Å². The van der Waals surface area contributed by atoms with Gasteiger partial charge in [0.2, 0.25) is 0 Å². The summed E-state index contributed by atoms with van der Waals surface area (Å²) >= 11 is 3.42.